The summed E-state index contributed by atoms with van der Waals surface area (Å²) < 4.78 is 4.83. The minimum absolute atomic E-state index is 0.104. The first-order valence-electron chi connectivity index (χ1n) is 9.80. The van der Waals surface area contributed by atoms with Crippen LogP contribution in [0.5, 0.6) is 0 Å². The topological polar surface area (TPSA) is 96.6 Å². The third-order valence-corrected chi connectivity index (χ3v) is 5.13. The number of nitrogens with one attached hydrogen (secondary N) is 2. The van der Waals surface area contributed by atoms with Crippen LogP contribution in [0.4, 0.5) is 0 Å². The number of carbonyl (C=O) groups is 1. The maximum absolute atomic E-state index is 11.9. The molecular weight excluding hydrogens is 330 g/mol. The van der Waals surface area contributed by atoms with Crippen LogP contribution in [0.25, 0.3) is 0 Å². The van der Waals surface area contributed by atoms with Crippen LogP contribution in [0.3, 0.4) is 0 Å². The number of methoxy groups -OCH3 is 1. The van der Waals surface area contributed by atoms with Crippen molar-refractivity contribution < 1.29 is 14.6 Å². The summed E-state index contributed by atoms with van der Waals surface area (Å²) in [7, 11) is 1.37. The van der Waals surface area contributed by atoms with Crippen molar-refractivity contribution in [2.24, 2.45) is 11.7 Å². The first-order valence-corrected chi connectivity index (χ1v) is 9.80. The van der Waals surface area contributed by atoms with E-state index in [1.165, 1.54) is 45.4 Å². The van der Waals surface area contributed by atoms with E-state index in [4.69, 9.17) is 10.5 Å². The lowest BCUT2D eigenvalue weighted by atomic mass is 9.91. The summed E-state index contributed by atoms with van der Waals surface area (Å²) in [4.78, 5) is 11.9. The fraction of sp³-hybridized carbons (Fsp3) is 0.750. The normalized spacial score (nSPS) is 19.2. The van der Waals surface area contributed by atoms with Crippen LogP contribution in [0.2, 0.25) is 0 Å². The van der Waals surface area contributed by atoms with Crippen LogP contribution in [-0.4, -0.2) is 50.0 Å². The van der Waals surface area contributed by atoms with E-state index in [9.17, 15) is 9.90 Å². The number of nitrogens with two attached hydrogens (primary N) is 1. The van der Waals surface area contributed by atoms with Crippen LogP contribution >= 0.6 is 0 Å². The third kappa shape index (κ3) is 7.89. The number of aliphatic hydroxyl groups is 1. The zero-order chi connectivity index (χ0) is 19.4. The van der Waals surface area contributed by atoms with Gasteiger partial charge in [0.15, 0.2) is 0 Å². The number of hydrogen-bond donors (Lipinski definition) is 4. The van der Waals surface area contributed by atoms with Crippen molar-refractivity contribution in [2.75, 3.05) is 26.8 Å². The molecule has 0 aromatic rings. The monoisotopic (exact) mass is 367 g/mol. The minimum atomic E-state index is -0.369. The summed E-state index contributed by atoms with van der Waals surface area (Å²) >= 11 is 0. The zero-order valence-corrected chi connectivity index (χ0v) is 16.6. The third-order valence-electron chi connectivity index (χ3n) is 5.13. The van der Waals surface area contributed by atoms with Crippen LogP contribution in [0, 0.1) is 5.92 Å². The summed E-state index contributed by atoms with van der Waals surface area (Å²) in [6, 6.07) is 0.831. The summed E-state index contributed by atoms with van der Waals surface area (Å²) in [6.07, 6.45) is 10.5. The van der Waals surface area contributed by atoms with Gasteiger partial charge in [0.2, 0.25) is 0 Å². The largest absolute Gasteiger partial charge is 0.466 e. The average molecular weight is 368 g/mol. The van der Waals surface area contributed by atoms with Crippen molar-refractivity contribution in [3.63, 3.8) is 0 Å². The Bertz CT molecular complexity index is 471. The highest BCUT2D eigenvalue weighted by atomic mass is 16.5. The second kappa shape index (κ2) is 12.9. The number of carbonyl (C=O) groups excluding carboxylic acids is 1. The Kier molecular flexibility index (Phi) is 11.2. The second-order valence-corrected chi connectivity index (χ2v) is 7.16. The summed E-state index contributed by atoms with van der Waals surface area (Å²) in [5.41, 5.74) is 6.81. The van der Waals surface area contributed by atoms with Gasteiger partial charge in [-0.3, -0.25) is 0 Å². The van der Waals surface area contributed by atoms with Crippen LogP contribution in [0.15, 0.2) is 23.4 Å². The van der Waals surface area contributed by atoms with E-state index in [1.54, 1.807) is 6.08 Å². The molecule has 1 rings (SSSR count). The molecule has 150 valence electrons. The van der Waals surface area contributed by atoms with Crippen LogP contribution in [-0.2, 0) is 9.53 Å². The molecule has 6 nitrogen and oxygen atoms in total. The minimum Gasteiger partial charge on any atom is -0.466 e. The smallest absolute Gasteiger partial charge is 0.335 e. The SMILES string of the molecule is CCC(NC1CCCCC1)C(CO)CNC/C(=C\C(C)=C/N)C(=O)OC. The predicted molar refractivity (Wildman–Crippen MR) is 106 cm³/mol. The van der Waals surface area contributed by atoms with Crippen molar-refractivity contribution in [3.05, 3.63) is 23.4 Å². The van der Waals surface area contributed by atoms with Gasteiger partial charge in [0, 0.05) is 37.7 Å². The molecule has 0 radical (unpaired) electrons. The number of allylic oxidation sites excluding steroid dienone is 2. The lowest BCUT2D eigenvalue weighted by Gasteiger charge is -2.32. The summed E-state index contributed by atoms with van der Waals surface area (Å²) in [5.74, 6) is -0.265. The molecule has 1 aliphatic carbocycles. The quantitative estimate of drug-likeness (QED) is 0.253. The van der Waals surface area contributed by atoms with Crippen molar-refractivity contribution in [2.45, 2.75) is 64.5 Å². The molecule has 26 heavy (non-hydrogen) atoms. The summed E-state index contributed by atoms with van der Waals surface area (Å²) in [5, 5.41) is 16.9. The van der Waals surface area contributed by atoms with E-state index in [1.807, 2.05) is 6.92 Å². The van der Waals surface area contributed by atoms with Gasteiger partial charge in [-0.25, -0.2) is 4.79 Å². The van der Waals surface area contributed by atoms with Gasteiger partial charge in [-0.05, 0) is 44.0 Å². The highest BCUT2D eigenvalue weighted by molar-refractivity contribution is 5.89. The lowest BCUT2D eigenvalue weighted by molar-refractivity contribution is -0.136. The fourth-order valence-corrected chi connectivity index (χ4v) is 3.52. The molecule has 1 aliphatic rings. The van der Waals surface area contributed by atoms with Gasteiger partial charge in [0.1, 0.15) is 0 Å². The van der Waals surface area contributed by atoms with Gasteiger partial charge in [0.25, 0.3) is 0 Å². The predicted octanol–water partition coefficient (Wildman–Crippen LogP) is 1.85. The van der Waals surface area contributed by atoms with Crippen molar-refractivity contribution in [3.8, 4) is 0 Å². The van der Waals surface area contributed by atoms with Gasteiger partial charge in [0.05, 0.1) is 12.7 Å². The maximum Gasteiger partial charge on any atom is 0.335 e. The number of rotatable bonds is 11. The van der Waals surface area contributed by atoms with E-state index in [0.29, 0.717) is 24.7 Å². The van der Waals surface area contributed by atoms with Crippen molar-refractivity contribution in [1.82, 2.24) is 10.6 Å². The van der Waals surface area contributed by atoms with Gasteiger partial charge >= 0.3 is 5.97 Å². The highest BCUT2D eigenvalue weighted by Crippen LogP contribution is 2.19. The average Bonchev–Trinajstić information content (AvgIpc) is 2.68. The maximum atomic E-state index is 11.9. The van der Waals surface area contributed by atoms with E-state index >= 15 is 0 Å². The lowest BCUT2D eigenvalue weighted by Crippen LogP contribution is -2.47. The molecule has 6 heteroatoms. The Morgan fingerprint density at radius 1 is 1.35 bits per heavy atom. The van der Waals surface area contributed by atoms with E-state index in [0.717, 1.165) is 12.0 Å². The Morgan fingerprint density at radius 2 is 2.04 bits per heavy atom. The first kappa shape index (κ1) is 22.7. The molecule has 0 heterocycles. The van der Waals surface area contributed by atoms with Crippen molar-refractivity contribution in [1.29, 1.82) is 0 Å². The molecular formula is C20H37N3O3. The Hall–Kier alpha value is -1.37. The molecule has 0 spiro atoms. The Balaban J connectivity index is 2.58. The molecule has 2 unspecified atom stereocenters. The number of ether oxygens (including phenoxy) is 1. The molecule has 0 aromatic carbocycles. The Labute approximate surface area is 158 Å². The molecule has 5 N–H and O–H groups in total. The van der Waals surface area contributed by atoms with Gasteiger partial charge in [-0.15, -0.1) is 0 Å². The zero-order valence-electron chi connectivity index (χ0n) is 16.6. The molecule has 1 saturated carbocycles. The van der Waals surface area contributed by atoms with Gasteiger partial charge < -0.3 is 26.2 Å². The summed E-state index contributed by atoms with van der Waals surface area (Å²) in [6.45, 7) is 5.12. The molecule has 0 saturated heterocycles. The highest BCUT2D eigenvalue weighted by Gasteiger charge is 2.23. The molecule has 0 aliphatic heterocycles. The standard InChI is InChI=1S/C20H37N3O3/c1-4-19(23-18-8-6-5-7-9-18)17(14-24)13-22-12-16(20(25)26-3)10-15(2)11-21/h10-11,17-19,22-24H,4-9,12-14,21H2,1-3H3/b15-11-,16-10+. The van der Waals surface area contributed by atoms with Gasteiger partial charge in [-0.2, -0.15) is 0 Å². The molecule has 2 atom stereocenters. The molecule has 0 aromatic heterocycles. The van der Waals surface area contributed by atoms with E-state index in [-0.39, 0.29) is 24.5 Å². The van der Waals surface area contributed by atoms with E-state index in [2.05, 4.69) is 17.6 Å². The fourth-order valence-electron chi connectivity index (χ4n) is 3.52. The molecule has 0 bridgehead atoms. The first-order chi connectivity index (χ1) is 12.5. The Morgan fingerprint density at radius 3 is 2.58 bits per heavy atom. The molecule has 0 amide bonds. The van der Waals surface area contributed by atoms with Crippen LogP contribution < -0.4 is 16.4 Å². The number of esters is 1. The van der Waals surface area contributed by atoms with Crippen molar-refractivity contribution >= 4 is 5.97 Å². The molecule has 1 fully saturated rings. The second-order valence-electron chi connectivity index (χ2n) is 7.16. The number of aliphatic hydroxyl groups excluding tert-OH is 1. The van der Waals surface area contributed by atoms with Crippen LogP contribution in [0.1, 0.15) is 52.4 Å². The number of hydrogen-bond acceptors (Lipinski definition) is 6. The van der Waals surface area contributed by atoms with Gasteiger partial charge in [-0.1, -0.05) is 26.2 Å². The van der Waals surface area contributed by atoms with E-state index < -0.39 is 0 Å².